The largest absolute Gasteiger partial charge is 0.325 e. The third kappa shape index (κ3) is 4.76. The van der Waals surface area contributed by atoms with E-state index in [-0.39, 0.29) is 22.9 Å². The molecule has 10 nitrogen and oxygen atoms in total. The minimum atomic E-state index is -3.86. The number of hydrogen-bond donors (Lipinski definition) is 2. The van der Waals surface area contributed by atoms with Gasteiger partial charge < -0.3 is 5.32 Å². The number of hydrogen-bond acceptors (Lipinski definition) is 7. The number of aryl methyl sites for hydroxylation is 1. The quantitative estimate of drug-likeness (QED) is 0.624. The van der Waals surface area contributed by atoms with E-state index < -0.39 is 15.9 Å². The van der Waals surface area contributed by atoms with Crippen LogP contribution in [0, 0.1) is 6.92 Å². The van der Waals surface area contributed by atoms with Gasteiger partial charge in [-0.05, 0) is 37.3 Å². The molecular formula is C17H16N6O4S. The molecule has 11 heteroatoms. The van der Waals surface area contributed by atoms with Crippen LogP contribution in [-0.4, -0.2) is 33.8 Å². The number of aromatic nitrogens is 4. The molecule has 0 aliphatic carbocycles. The van der Waals surface area contributed by atoms with E-state index in [4.69, 9.17) is 0 Å². The first-order valence-corrected chi connectivity index (χ1v) is 9.55. The number of amides is 1. The molecule has 1 amide bonds. The fourth-order valence-electron chi connectivity index (χ4n) is 2.24. The molecule has 0 unspecified atom stereocenters. The molecule has 0 bridgehead atoms. The van der Waals surface area contributed by atoms with Crippen molar-refractivity contribution in [1.82, 2.24) is 19.5 Å². The fraction of sp³-hybridized carbons (Fsp3) is 0.118. The molecule has 3 rings (SSSR count). The molecule has 0 saturated carbocycles. The van der Waals surface area contributed by atoms with Gasteiger partial charge in [0.05, 0.1) is 11.2 Å². The molecule has 144 valence electrons. The van der Waals surface area contributed by atoms with Crippen molar-refractivity contribution in [3.63, 3.8) is 0 Å². The lowest BCUT2D eigenvalue weighted by atomic mass is 10.3. The van der Waals surface area contributed by atoms with E-state index in [9.17, 15) is 18.0 Å². The van der Waals surface area contributed by atoms with Crippen LogP contribution in [0.2, 0.25) is 0 Å². The fourth-order valence-corrected chi connectivity index (χ4v) is 3.20. The van der Waals surface area contributed by atoms with Crippen molar-refractivity contribution in [1.29, 1.82) is 0 Å². The second kappa shape index (κ2) is 7.96. The average Bonchev–Trinajstić information content (AvgIpc) is 2.65. The van der Waals surface area contributed by atoms with E-state index in [1.807, 2.05) is 0 Å². The van der Waals surface area contributed by atoms with E-state index in [2.05, 4.69) is 25.0 Å². The highest BCUT2D eigenvalue weighted by atomic mass is 32.2. The maximum absolute atomic E-state index is 12.3. The predicted molar refractivity (Wildman–Crippen MR) is 101 cm³/mol. The van der Waals surface area contributed by atoms with Crippen molar-refractivity contribution in [3.8, 4) is 0 Å². The molecule has 0 aliphatic rings. The molecular weight excluding hydrogens is 384 g/mol. The lowest BCUT2D eigenvalue weighted by Crippen LogP contribution is -2.27. The summed E-state index contributed by atoms with van der Waals surface area (Å²) in [5.74, 6) is -0.490. The number of benzene rings is 1. The van der Waals surface area contributed by atoms with Crippen molar-refractivity contribution in [2.24, 2.45) is 0 Å². The SMILES string of the molecule is Cc1cc(=O)n(CC(=O)Nc2ccc(S(=O)(=O)Nc3ncccn3)cc2)cn1. The minimum Gasteiger partial charge on any atom is -0.325 e. The number of carbonyl (C=O) groups is 1. The van der Waals surface area contributed by atoms with Gasteiger partial charge in [0.15, 0.2) is 0 Å². The summed E-state index contributed by atoms with van der Waals surface area (Å²) in [6.45, 7) is 1.47. The predicted octanol–water partition coefficient (Wildman–Crippen LogP) is 0.781. The lowest BCUT2D eigenvalue weighted by Gasteiger charge is -2.09. The Labute approximate surface area is 160 Å². The molecule has 0 spiro atoms. The van der Waals surface area contributed by atoms with E-state index in [1.54, 1.807) is 13.0 Å². The molecule has 0 aliphatic heterocycles. The summed E-state index contributed by atoms with van der Waals surface area (Å²) in [6, 6.07) is 8.44. The summed E-state index contributed by atoms with van der Waals surface area (Å²) < 4.78 is 28.1. The van der Waals surface area contributed by atoms with Crippen molar-refractivity contribution in [2.75, 3.05) is 10.0 Å². The topological polar surface area (TPSA) is 136 Å². The number of sulfonamides is 1. The van der Waals surface area contributed by atoms with Crippen LogP contribution >= 0.6 is 0 Å². The maximum Gasteiger partial charge on any atom is 0.264 e. The molecule has 0 fully saturated rings. The molecule has 0 radical (unpaired) electrons. The Morgan fingerprint density at radius 1 is 1.11 bits per heavy atom. The second-order valence-corrected chi connectivity index (χ2v) is 7.43. The maximum atomic E-state index is 12.3. The van der Waals surface area contributed by atoms with E-state index in [1.165, 1.54) is 53.6 Å². The van der Waals surface area contributed by atoms with Gasteiger partial charge in [-0.2, -0.15) is 0 Å². The normalized spacial score (nSPS) is 11.0. The number of nitrogens with zero attached hydrogens (tertiary/aromatic N) is 4. The summed E-state index contributed by atoms with van der Waals surface area (Å²) in [7, 11) is -3.86. The number of rotatable bonds is 6. The van der Waals surface area contributed by atoms with Gasteiger partial charge in [-0.15, -0.1) is 0 Å². The van der Waals surface area contributed by atoms with Gasteiger partial charge in [-0.3, -0.25) is 14.2 Å². The molecule has 28 heavy (non-hydrogen) atoms. The van der Waals surface area contributed by atoms with Crippen molar-refractivity contribution in [2.45, 2.75) is 18.4 Å². The lowest BCUT2D eigenvalue weighted by molar-refractivity contribution is -0.116. The first-order chi connectivity index (χ1) is 13.3. The van der Waals surface area contributed by atoms with Gasteiger partial charge in [-0.1, -0.05) is 0 Å². The summed E-state index contributed by atoms with van der Waals surface area (Å²) in [5.41, 5.74) is 0.610. The average molecular weight is 400 g/mol. The molecule has 0 saturated heterocycles. The molecule has 1 aromatic carbocycles. The Balaban J connectivity index is 1.67. The highest BCUT2D eigenvalue weighted by molar-refractivity contribution is 7.92. The van der Waals surface area contributed by atoms with Crippen LogP contribution in [0.1, 0.15) is 5.69 Å². The van der Waals surface area contributed by atoms with Gasteiger partial charge in [0.2, 0.25) is 11.9 Å². The van der Waals surface area contributed by atoms with Gasteiger partial charge >= 0.3 is 0 Å². The van der Waals surface area contributed by atoms with Gasteiger partial charge in [0.25, 0.3) is 15.6 Å². The number of anilines is 2. The van der Waals surface area contributed by atoms with Crippen LogP contribution in [0.4, 0.5) is 11.6 Å². The number of nitrogens with one attached hydrogen (secondary N) is 2. The first-order valence-electron chi connectivity index (χ1n) is 8.06. The Bertz CT molecular complexity index is 1140. The number of carbonyl (C=O) groups excluding carboxylic acids is 1. The standard InChI is InChI=1S/C17H16N6O4S/c1-12-9-16(25)23(11-20-12)10-15(24)21-13-3-5-14(6-4-13)28(26,27)22-17-18-7-2-8-19-17/h2-9,11H,10H2,1H3,(H,21,24)(H,18,19,22). The van der Waals surface area contributed by atoms with Crippen molar-refractivity contribution in [3.05, 3.63) is 71.2 Å². The van der Waals surface area contributed by atoms with Crippen LogP contribution in [0.25, 0.3) is 0 Å². The molecule has 3 aromatic rings. The molecule has 2 aromatic heterocycles. The van der Waals surface area contributed by atoms with E-state index >= 15 is 0 Å². The van der Waals surface area contributed by atoms with Crippen LogP contribution < -0.4 is 15.6 Å². The Morgan fingerprint density at radius 3 is 2.43 bits per heavy atom. The zero-order valence-corrected chi connectivity index (χ0v) is 15.5. The van der Waals surface area contributed by atoms with Gasteiger partial charge in [0, 0.05) is 29.8 Å². The summed E-state index contributed by atoms with van der Waals surface area (Å²) in [5, 5.41) is 2.59. The Morgan fingerprint density at radius 2 is 1.79 bits per heavy atom. The first kappa shape index (κ1) is 19.2. The van der Waals surface area contributed by atoms with Crippen LogP contribution in [0.3, 0.4) is 0 Å². The van der Waals surface area contributed by atoms with Crippen LogP contribution in [0.5, 0.6) is 0 Å². The molecule has 2 heterocycles. The van der Waals surface area contributed by atoms with Crippen molar-refractivity contribution < 1.29 is 13.2 Å². The third-order valence-corrected chi connectivity index (χ3v) is 4.91. The Hall–Kier alpha value is -3.60. The molecule has 2 N–H and O–H groups in total. The van der Waals surface area contributed by atoms with E-state index in [0.29, 0.717) is 11.4 Å². The summed E-state index contributed by atoms with van der Waals surface area (Å²) in [6.07, 6.45) is 4.13. The van der Waals surface area contributed by atoms with E-state index in [0.717, 1.165) is 0 Å². The monoisotopic (exact) mass is 400 g/mol. The summed E-state index contributed by atoms with van der Waals surface area (Å²) >= 11 is 0. The Kier molecular flexibility index (Phi) is 5.45. The third-order valence-electron chi connectivity index (χ3n) is 3.57. The zero-order chi connectivity index (χ0) is 20.1. The van der Waals surface area contributed by atoms with Crippen LogP contribution in [0.15, 0.2) is 64.8 Å². The van der Waals surface area contributed by atoms with Gasteiger partial charge in [-0.25, -0.2) is 28.1 Å². The van der Waals surface area contributed by atoms with Crippen LogP contribution in [-0.2, 0) is 21.4 Å². The smallest absolute Gasteiger partial charge is 0.264 e. The van der Waals surface area contributed by atoms with Crippen molar-refractivity contribution >= 4 is 27.6 Å². The highest BCUT2D eigenvalue weighted by Crippen LogP contribution is 2.16. The van der Waals surface area contributed by atoms with Gasteiger partial charge in [0.1, 0.15) is 6.54 Å². The second-order valence-electron chi connectivity index (χ2n) is 5.75. The highest BCUT2D eigenvalue weighted by Gasteiger charge is 2.15. The minimum absolute atomic E-state index is 0.0168. The summed E-state index contributed by atoms with van der Waals surface area (Å²) in [4.78, 5) is 35.5. The zero-order valence-electron chi connectivity index (χ0n) is 14.7. The molecule has 0 atom stereocenters.